The fraction of sp³-hybridized carbons (Fsp3) is 0.385. The van der Waals surface area contributed by atoms with Gasteiger partial charge in [0.1, 0.15) is 6.04 Å². The first-order chi connectivity index (χ1) is 9.49. The molecular weight excluding hydrogens is 362 g/mol. The largest absolute Gasteiger partial charge is 0.480 e. The molecule has 108 valence electrons. The van der Waals surface area contributed by atoms with Crippen molar-refractivity contribution in [3.05, 3.63) is 28.7 Å². The van der Waals surface area contributed by atoms with Crippen LogP contribution in [0.1, 0.15) is 6.92 Å². The number of carbonyl (C=O) groups is 2. The van der Waals surface area contributed by atoms with Crippen molar-refractivity contribution < 1.29 is 14.7 Å². The third-order valence-corrected chi connectivity index (χ3v) is 5.71. The lowest BCUT2D eigenvalue weighted by atomic mass is 10.3. The molecule has 1 saturated heterocycles. The van der Waals surface area contributed by atoms with Gasteiger partial charge >= 0.3 is 5.97 Å². The second kappa shape index (κ2) is 6.87. The maximum Gasteiger partial charge on any atom is 0.327 e. The Balaban J connectivity index is 1.97. The van der Waals surface area contributed by atoms with Gasteiger partial charge in [0.05, 0.1) is 11.1 Å². The van der Waals surface area contributed by atoms with E-state index < -0.39 is 12.0 Å². The van der Waals surface area contributed by atoms with E-state index in [4.69, 9.17) is 5.11 Å². The minimum Gasteiger partial charge on any atom is -0.480 e. The Morgan fingerprint density at radius 1 is 1.45 bits per heavy atom. The zero-order valence-electron chi connectivity index (χ0n) is 10.8. The molecule has 1 aromatic carbocycles. The maximum absolute atomic E-state index is 12.2. The first-order valence-electron chi connectivity index (χ1n) is 6.03. The Kier molecular flexibility index (Phi) is 5.40. The highest BCUT2D eigenvalue weighted by Crippen LogP contribution is 2.30. The van der Waals surface area contributed by atoms with Gasteiger partial charge in [0, 0.05) is 15.1 Å². The van der Waals surface area contributed by atoms with Gasteiger partial charge in [0.2, 0.25) is 5.91 Å². The predicted molar refractivity (Wildman–Crippen MR) is 85.1 cm³/mol. The molecule has 2 atom stereocenters. The van der Waals surface area contributed by atoms with Crippen LogP contribution < -0.4 is 0 Å². The van der Waals surface area contributed by atoms with Crippen molar-refractivity contribution in [2.45, 2.75) is 23.2 Å². The summed E-state index contributed by atoms with van der Waals surface area (Å²) in [6, 6.07) is 6.99. The van der Waals surface area contributed by atoms with Crippen molar-refractivity contribution in [1.29, 1.82) is 0 Å². The number of carboxylic acids is 1. The Hall–Kier alpha value is -0.660. The number of hydrogen-bond donors (Lipinski definition) is 1. The van der Waals surface area contributed by atoms with Gasteiger partial charge in [-0.3, -0.25) is 4.79 Å². The van der Waals surface area contributed by atoms with Crippen molar-refractivity contribution in [3.63, 3.8) is 0 Å². The summed E-state index contributed by atoms with van der Waals surface area (Å²) in [5.41, 5.74) is 0. The highest BCUT2D eigenvalue weighted by atomic mass is 79.9. The van der Waals surface area contributed by atoms with Gasteiger partial charge in [-0.05, 0) is 31.2 Å². The van der Waals surface area contributed by atoms with E-state index in [1.165, 1.54) is 28.4 Å². The molecule has 0 aromatic heterocycles. The second-order valence-corrected chi connectivity index (χ2v) is 7.64. The number of benzene rings is 1. The van der Waals surface area contributed by atoms with E-state index in [0.717, 1.165) is 9.37 Å². The molecule has 1 fully saturated rings. The molecule has 2 rings (SSSR count). The average molecular weight is 376 g/mol. The van der Waals surface area contributed by atoms with Crippen LogP contribution in [-0.2, 0) is 9.59 Å². The zero-order chi connectivity index (χ0) is 14.7. The normalized spacial score (nSPS) is 22.0. The van der Waals surface area contributed by atoms with Crippen LogP contribution in [0.2, 0.25) is 0 Å². The van der Waals surface area contributed by atoms with Gasteiger partial charge in [-0.2, -0.15) is 0 Å². The van der Waals surface area contributed by atoms with E-state index in [1.807, 2.05) is 31.2 Å². The lowest BCUT2D eigenvalue weighted by Crippen LogP contribution is -2.45. The summed E-state index contributed by atoms with van der Waals surface area (Å²) in [7, 11) is 0. The van der Waals surface area contributed by atoms with Crippen molar-refractivity contribution in [1.82, 2.24) is 4.90 Å². The number of halogens is 1. The van der Waals surface area contributed by atoms with E-state index >= 15 is 0 Å². The summed E-state index contributed by atoms with van der Waals surface area (Å²) in [5, 5.41) is 9.07. The number of carboxylic acid groups (broad SMARTS) is 1. The molecule has 1 heterocycles. The third kappa shape index (κ3) is 3.71. The molecule has 1 aliphatic heterocycles. The van der Waals surface area contributed by atoms with Gasteiger partial charge in [0.15, 0.2) is 0 Å². The molecule has 0 saturated carbocycles. The minimum atomic E-state index is -0.927. The quantitative estimate of drug-likeness (QED) is 0.819. The number of rotatable bonds is 4. The summed E-state index contributed by atoms with van der Waals surface area (Å²) in [6.07, 6.45) is 0. The van der Waals surface area contributed by atoms with Crippen LogP contribution in [-0.4, -0.2) is 44.8 Å². The fourth-order valence-corrected chi connectivity index (χ4v) is 4.18. The molecule has 1 aromatic rings. The first kappa shape index (κ1) is 15.7. The number of thioether (sulfide) groups is 2. The highest BCUT2D eigenvalue weighted by Gasteiger charge is 2.39. The molecule has 0 radical (unpaired) electrons. The van der Waals surface area contributed by atoms with Gasteiger partial charge < -0.3 is 10.0 Å². The summed E-state index contributed by atoms with van der Waals surface area (Å²) >= 11 is 6.29. The van der Waals surface area contributed by atoms with Gasteiger partial charge in [-0.25, -0.2) is 4.79 Å². The molecule has 0 aliphatic carbocycles. The number of hydrogen-bond acceptors (Lipinski definition) is 4. The van der Waals surface area contributed by atoms with Crippen LogP contribution in [0.3, 0.4) is 0 Å². The molecule has 7 heteroatoms. The fourth-order valence-electron chi connectivity index (χ4n) is 1.96. The first-order valence-corrected chi connectivity index (χ1v) is 8.85. The van der Waals surface area contributed by atoms with Crippen LogP contribution in [0.15, 0.2) is 33.6 Å². The van der Waals surface area contributed by atoms with E-state index in [-0.39, 0.29) is 17.0 Å². The molecule has 0 bridgehead atoms. The Morgan fingerprint density at radius 2 is 2.10 bits per heavy atom. The van der Waals surface area contributed by atoms with Crippen LogP contribution in [0.4, 0.5) is 0 Å². The molecular formula is C13H14BrNO3S2. The Labute approximate surface area is 134 Å². The molecule has 1 aliphatic rings. The van der Waals surface area contributed by atoms with Gasteiger partial charge in [-0.15, -0.1) is 23.5 Å². The van der Waals surface area contributed by atoms with E-state index in [2.05, 4.69) is 15.9 Å². The highest BCUT2D eigenvalue weighted by molar-refractivity contribution is 9.10. The summed E-state index contributed by atoms with van der Waals surface area (Å²) < 4.78 is 0.990. The lowest BCUT2D eigenvalue weighted by Gasteiger charge is -2.24. The number of carbonyl (C=O) groups excluding carboxylic acids is 1. The number of amides is 1. The van der Waals surface area contributed by atoms with Crippen molar-refractivity contribution in [2.75, 3.05) is 11.5 Å². The van der Waals surface area contributed by atoms with Crippen LogP contribution >= 0.6 is 39.5 Å². The van der Waals surface area contributed by atoms with Gasteiger partial charge in [0.25, 0.3) is 0 Å². The summed E-state index contributed by atoms with van der Waals surface area (Å²) in [5.74, 6) is -0.326. The van der Waals surface area contributed by atoms with Crippen molar-refractivity contribution in [3.8, 4) is 0 Å². The van der Waals surface area contributed by atoms with E-state index in [9.17, 15) is 9.59 Å². The summed E-state index contributed by atoms with van der Waals surface area (Å²) in [4.78, 5) is 25.9. The Bertz CT molecular complexity index is 509. The average Bonchev–Trinajstić information content (AvgIpc) is 2.80. The smallest absolute Gasteiger partial charge is 0.327 e. The molecule has 0 spiro atoms. The SMILES string of the molecule is CC1SCC(C(=O)O)N1C(=O)CSc1ccc(Br)cc1. The van der Waals surface area contributed by atoms with Gasteiger partial charge in [-0.1, -0.05) is 15.9 Å². The minimum absolute atomic E-state index is 0.0749. The Morgan fingerprint density at radius 3 is 2.70 bits per heavy atom. The number of aliphatic carboxylic acids is 1. The molecule has 1 N–H and O–H groups in total. The van der Waals surface area contributed by atoms with Crippen molar-refractivity contribution >= 4 is 51.3 Å². The van der Waals surface area contributed by atoms with Crippen LogP contribution in [0.25, 0.3) is 0 Å². The topological polar surface area (TPSA) is 57.6 Å². The maximum atomic E-state index is 12.2. The molecule has 20 heavy (non-hydrogen) atoms. The monoisotopic (exact) mass is 375 g/mol. The van der Waals surface area contributed by atoms with Crippen LogP contribution in [0.5, 0.6) is 0 Å². The molecule has 4 nitrogen and oxygen atoms in total. The second-order valence-electron chi connectivity index (χ2n) is 4.33. The summed E-state index contributed by atoms with van der Waals surface area (Å²) in [6.45, 7) is 1.87. The molecule has 1 amide bonds. The third-order valence-electron chi connectivity index (χ3n) is 2.97. The van der Waals surface area contributed by atoms with E-state index in [0.29, 0.717) is 5.75 Å². The number of nitrogens with zero attached hydrogens (tertiary/aromatic N) is 1. The van der Waals surface area contributed by atoms with Crippen LogP contribution in [0, 0.1) is 0 Å². The predicted octanol–water partition coefficient (Wildman–Crippen LogP) is 2.92. The lowest BCUT2D eigenvalue weighted by molar-refractivity contribution is -0.147. The zero-order valence-corrected chi connectivity index (χ0v) is 14.0. The van der Waals surface area contributed by atoms with Crippen molar-refractivity contribution in [2.24, 2.45) is 0 Å². The molecule has 2 unspecified atom stereocenters. The standard InChI is InChI=1S/C13H14BrNO3S2/c1-8-15(11(6-19-8)13(17)18)12(16)7-20-10-4-2-9(14)3-5-10/h2-5,8,11H,6-7H2,1H3,(H,17,18). The van der Waals surface area contributed by atoms with E-state index in [1.54, 1.807) is 0 Å².